The summed E-state index contributed by atoms with van der Waals surface area (Å²) >= 11 is 0. The maximum absolute atomic E-state index is 13.7. The van der Waals surface area contributed by atoms with E-state index in [4.69, 9.17) is 5.73 Å². The van der Waals surface area contributed by atoms with Crippen molar-refractivity contribution in [1.29, 1.82) is 0 Å². The Morgan fingerprint density at radius 1 is 1.53 bits per heavy atom. The summed E-state index contributed by atoms with van der Waals surface area (Å²) in [6, 6.07) is 4.34. The van der Waals surface area contributed by atoms with Gasteiger partial charge in [-0.2, -0.15) is 0 Å². The van der Waals surface area contributed by atoms with Crippen LogP contribution >= 0.6 is 0 Å². The largest absolute Gasteiger partial charge is 0.366 e. The van der Waals surface area contributed by atoms with Crippen molar-refractivity contribution in [2.45, 2.75) is 25.4 Å². The van der Waals surface area contributed by atoms with E-state index in [-0.39, 0.29) is 17.5 Å². The number of amides is 2. The Labute approximate surface area is 110 Å². The molecule has 1 atom stereocenters. The lowest BCUT2D eigenvalue weighted by Crippen LogP contribution is -2.45. The summed E-state index contributed by atoms with van der Waals surface area (Å²) in [6.07, 6.45) is 1.23. The Hall–Kier alpha value is -1.95. The molecule has 1 aromatic rings. The number of hydrogen-bond acceptors (Lipinski definition) is 3. The third kappa shape index (κ3) is 3.51. The average molecular weight is 265 g/mol. The third-order valence-electron chi connectivity index (χ3n) is 3.18. The zero-order valence-electron chi connectivity index (χ0n) is 10.4. The Kier molecular flexibility index (Phi) is 4.11. The Morgan fingerprint density at radius 3 is 2.89 bits per heavy atom. The number of nitrogens with two attached hydrogens (primary N) is 1. The monoisotopic (exact) mass is 265 g/mol. The van der Waals surface area contributed by atoms with E-state index in [0.717, 1.165) is 12.5 Å². The van der Waals surface area contributed by atoms with E-state index in [0.29, 0.717) is 25.1 Å². The van der Waals surface area contributed by atoms with Crippen molar-refractivity contribution in [3.63, 3.8) is 0 Å². The SMILES string of the molecule is NC(=O)c1ccc(CNC2CCC(=O)NC2)c(F)c1. The van der Waals surface area contributed by atoms with Gasteiger partial charge in [0.2, 0.25) is 11.8 Å². The fourth-order valence-corrected chi connectivity index (χ4v) is 2.01. The Morgan fingerprint density at radius 2 is 2.32 bits per heavy atom. The number of nitrogens with one attached hydrogen (secondary N) is 2. The third-order valence-corrected chi connectivity index (χ3v) is 3.18. The molecule has 1 aliphatic rings. The normalized spacial score (nSPS) is 19.0. The van der Waals surface area contributed by atoms with Crippen LogP contribution in [0.25, 0.3) is 0 Å². The molecular weight excluding hydrogens is 249 g/mol. The predicted octanol–water partition coefficient (Wildman–Crippen LogP) is 0.293. The molecule has 1 aliphatic heterocycles. The summed E-state index contributed by atoms with van der Waals surface area (Å²) in [5.41, 5.74) is 5.71. The summed E-state index contributed by atoms with van der Waals surface area (Å²) < 4.78 is 13.7. The molecule has 0 aliphatic carbocycles. The van der Waals surface area contributed by atoms with Crippen LogP contribution in [0.5, 0.6) is 0 Å². The Balaban J connectivity index is 1.92. The van der Waals surface area contributed by atoms with Crippen LogP contribution in [-0.4, -0.2) is 24.4 Å². The maximum atomic E-state index is 13.7. The lowest BCUT2D eigenvalue weighted by Gasteiger charge is -2.23. The van der Waals surface area contributed by atoms with Crippen molar-refractivity contribution >= 4 is 11.8 Å². The van der Waals surface area contributed by atoms with Crippen LogP contribution in [0.3, 0.4) is 0 Å². The number of primary amides is 1. The molecule has 0 saturated carbocycles. The van der Waals surface area contributed by atoms with Crippen LogP contribution in [0, 0.1) is 5.82 Å². The van der Waals surface area contributed by atoms with E-state index in [2.05, 4.69) is 10.6 Å². The summed E-state index contributed by atoms with van der Waals surface area (Å²) in [6.45, 7) is 0.908. The number of benzene rings is 1. The summed E-state index contributed by atoms with van der Waals surface area (Å²) in [5.74, 6) is -1.05. The quantitative estimate of drug-likeness (QED) is 0.731. The van der Waals surface area contributed by atoms with Crippen molar-refractivity contribution in [2.75, 3.05) is 6.54 Å². The molecule has 1 unspecified atom stereocenters. The van der Waals surface area contributed by atoms with E-state index < -0.39 is 11.7 Å². The first-order valence-corrected chi connectivity index (χ1v) is 6.14. The summed E-state index contributed by atoms with van der Waals surface area (Å²) in [4.78, 5) is 21.9. The number of piperidine rings is 1. The van der Waals surface area contributed by atoms with Gasteiger partial charge in [0.1, 0.15) is 5.82 Å². The number of rotatable bonds is 4. The first kappa shape index (κ1) is 13.5. The van der Waals surface area contributed by atoms with Gasteiger partial charge in [0.05, 0.1) is 0 Å². The molecule has 5 nitrogen and oxygen atoms in total. The van der Waals surface area contributed by atoms with Crippen LogP contribution in [0.2, 0.25) is 0 Å². The lowest BCUT2D eigenvalue weighted by molar-refractivity contribution is -0.122. The molecule has 0 aromatic heterocycles. The number of carbonyl (C=O) groups is 2. The second-order valence-electron chi connectivity index (χ2n) is 4.59. The molecule has 1 heterocycles. The zero-order valence-corrected chi connectivity index (χ0v) is 10.4. The van der Waals surface area contributed by atoms with Crippen LogP contribution in [0.4, 0.5) is 4.39 Å². The molecule has 4 N–H and O–H groups in total. The smallest absolute Gasteiger partial charge is 0.248 e. The first-order valence-electron chi connectivity index (χ1n) is 6.14. The van der Waals surface area contributed by atoms with Crippen molar-refractivity contribution in [3.05, 3.63) is 35.1 Å². The van der Waals surface area contributed by atoms with Gasteiger partial charge in [0, 0.05) is 36.7 Å². The molecule has 1 fully saturated rings. The first-order chi connectivity index (χ1) is 9.06. The van der Waals surface area contributed by atoms with Gasteiger partial charge in [-0.25, -0.2) is 4.39 Å². The number of carbonyl (C=O) groups excluding carboxylic acids is 2. The minimum Gasteiger partial charge on any atom is -0.366 e. The summed E-state index contributed by atoms with van der Waals surface area (Å²) in [5, 5.41) is 5.93. The van der Waals surface area contributed by atoms with Gasteiger partial charge in [-0.15, -0.1) is 0 Å². The van der Waals surface area contributed by atoms with Crippen LogP contribution in [-0.2, 0) is 11.3 Å². The molecule has 0 spiro atoms. The highest BCUT2D eigenvalue weighted by atomic mass is 19.1. The van der Waals surface area contributed by atoms with E-state index in [1.807, 2.05) is 0 Å². The molecule has 2 rings (SSSR count). The van der Waals surface area contributed by atoms with Crippen molar-refractivity contribution in [3.8, 4) is 0 Å². The molecular formula is C13H16FN3O2. The van der Waals surface area contributed by atoms with Crippen molar-refractivity contribution in [1.82, 2.24) is 10.6 Å². The fraction of sp³-hybridized carbons (Fsp3) is 0.385. The predicted molar refractivity (Wildman–Crippen MR) is 67.8 cm³/mol. The van der Waals surface area contributed by atoms with E-state index in [1.54, 1.807) is 6.07 Å². The van der Waals surface area contributed by atoms with Gasteiger partial charge < -0.3 is 16.4 Å². The molecule has 6 heteroatoms. The number of hydrogen-bond donors (Lipinski definition) is 3. The standard InChI is InChI=1S/C13H16FN3O2/c14-11-5-8(13(15)19)1-2-9(11)6-16-10-3-4-12(18)17-7-10/h1-2,5,10,16H,3-4,6-7H2,(H2,15,19)(H,17,18). The van der Waals surface area contributed by atoms with Gasteiger partial charge in [-0.05, 0) is 18.6 Å². The molecule has 102 valence electrons. The van der Waals surface area contributed by atoms with E-state index in [1.165, 1.54) is 6.07 Å². The zero-order chi connectivity index (χ0) is 13.8. The van der Waals surface area contributed by atoms with Gasteiger partial charge in [-0.3, -0.25) is 9.59 Å². The highest BCUT2D eigenvalue weighted by Crippen LogP contribution is 2.11. The van der Waals surface area contributed by atoms with E-state index in [9.17, 15) is 14.0 Å². The molecule has 19 heavy (non-hydrogen) atoms. The van der Waals surface area contributed by atoms with Crippen LogP contribution in [0.1, 0.15) is 28.8 Å². The fourth-order valence-electron chi connectivity index (χ4n) is 2.01. The van der Waals surface area contributed by atoms with Gasteiger partial charge in [-0.1, -0.05) is 6.07 Å². The second kappa shape index (κ2) is 5.79. The maximum Gasteiger partial charge on any atom is 0.248 e. The van der Waals surface area contributed by atoms with Crippen LogP contribution < -0.4 is 16.4 Å². The summed E-state index contributed by atoms with van der Waals surface area (Å²) in [7, 11) is 0. The molecule has 1 aromatic carbocycles. The van der Waals surface area contributed by atoms with E-state index >= 15 is 0 Å². The van der Waals surface area contributed by atoms with Crippen LogP contribution in [0.15, 0.2) is 18.2 Å². The highest BCUT2D eigenvalue weighted by Gasteiger charge is 2.17. The minimum atomic E-state index is -0.645. The van der Waals surface area contributed by atoms with Gasteiger partial charge in [0.25, 0.3) is 0 Å². The highest BCUT2D eigenvalue weighted by molar-refractivity contribution is 5.92. The molecule has 2 amide bonds. The Bertz CT molecular complexity index is 495. The topological polar surface area (TPSA) is 84.2 Å². The number of halogens is 1. The molecule has 1 saturated heterocycles. The second-order valence-corrected chi connectivity index (χ2v) is 4.59. The van der Waals surface area contributed by atoms with Gasteiger partial charge in [0.15, 0.2) is 0 Å². The average Bonchev–Trinajstić information content (AvgIpc) is 2.39. The minimum absolute atomic E-state index is 0.0510. The van der Waals surface area contributed by atoms with Crippen molar-refractivity contribution in [2.24, 2.45) is 5.73 Å². The van der Waals surface area contributed by atoms with Gasteiger partial charge >= 0.3 is 0 Å². The van der Waals surface area contributed by atoms with Crippen molar-refractivity contribution < 1.29 is 14.0 Å². The lowest BCUT2D eigenvalue weighted by atomic mass is 10.1. The molecule has 0 bridgehead atoms. The molecule has 0 radical (unpaired) electrons.